The van der Waals surface area contributed by atoms with Crippen molar-refractivity contribution in [3.63, 3.8) is 0 Å². The van der Waals surface area contributed by atoms with Crippen molar-refractivity contribution >= 4 is 6.08 Å². The number of rotatable bonds is 2. The molecule has 2 rings (SSSR count). The van der Waals surface area contributed by atoms with Gasteiger partial charge in [-0.1, -0.05) is 30.4 Å². The molecule has 16 heavy (non-hydrogen) atoms. The molecule has 0 amide bonds. The molecule has 0 saturated carbocycles. The van der Waals surface area contributed by atoms with Crippen LogP contribution in [-0.2, 0) is 0 Å². The average molecular weight is 217 g/mol. The van der Waals surface area contributed by atoms with Crippen molar-refractivity contribution in [1.82, 2.24) is 4.90 Å². The van der Waals surface area contributed by atoms with Gasteiger partial charge in [-0.3, -0.25) is 0 Å². The van der Waals surface area contributed by atoms with Gasteiger partial charge in [0, 0.05) is 13.1 Å². The number of benzene rings is 1. The van der Waals surface area contributed by atoms with Crippen molar-refractivity contribution in [2.24, 2.45) is 0 Å². The lowest BCUT2D eigenvalue weighted by Crippen LogP contribution is -2.23. The van der Waals surface area contributed by atoms with Crippen molar-refractivity contribution in [1.29, 1.82) is 0 Å². The van der Waals surface area contributed by atoms with Gasteiger partial charge in [0.2, 0.25) is 0 Å². The third-order valence-corrected chi connectivity index (χ3v) is 2.81. The smallest absolute Gasteiger partial charge is 0.123 e. The maximum Gasteiger partial charge on any atom is 0.123 e. The lowest BCUT2D eigenvalue weighted by Gasteiger charge is -2.20. The molecule has 0 aromatic heterocycles. The molecule has 0 fully saturated rings. The Balaban J connectivity index is 2.01. The van der Waals surface area contributed by atoms with Gasteiger partial charge in [0.25, 0.3) is 0 Å². The SMILES string of the molecule is CN1CC=C(C=Cc2ccc(F)cc2)CC1. The average Bonchev–Trinajstić information content (AvgIpc) is 2.30. The van der Waals surface area contributed by atoms with Crippen LogP contribution >= 0.6 is 0 Å². The predicted octanol–water partition coefficient (Wildman–Crippen LogP) is 3.10. The third kappa shape index (κ3) is 3.04. The molecule has 0 unspecified atom stereocenters. The van der Waals surface area contributed by atoms with E-state index in [0.717, 1.165) is 25.1 Å². The van der Waals surface area contributed by atoms with Crippen LogP contribution in [0.5, 0.6) is 0 Å². The van der Waals surface area contributed by atoms with E-state index in [1.165, 1.54) is 17.7 Å². The first-order chi connectivity index (χ1) is 7.74. The topological polar surface area (TPSA) is 3.24 Å². The summed E-state index contributed by atoms with van der Waals surface area (Å²) in [4.78, 5) is 2.29. The fourth-order valence-corrected chi connectivity index (χ4v) is 1.71. The van der Waals surface area contributed by atoms with Crippen molar-refractivity contribution in [3.05, 3.63) is 53.4 Å². The molecular formula is C14H16FN. The number of likely N-dealkylation sites (N-methyl/N-ethyl adjacent to an activating group) is 1. The van der Waals surface area contributed by atoms with Crippen LogP contribution in [0.1, 0.15) is 12.0 Å². The minimum atomic E-state index is -0.185. The summed E-state index contributed by atoms with van der Waals surface area (Å²) in [6.45, 7) is 2.13. The van der Waals surface area contributed by atoms with Crippen LogP contribution in [0.25, 0.3) is 6.08 Å². The summed E-state index contributed by atoms with van der Waals surface area (Å²) >= 11 is 0. The van der Waals surface area contributed by atoms with E-state index in [1.807, 2.05) is 6.08 Å². The molecular weight excluding hydrogens is 201 g/mol. The number of hydrogen-bond acceptors (Lipinski definition) is 1. The van der Waals surface area contributed by atoms with Crippen LogP contribution in [0.3, 0.4) is 0 Å². The summed E-state index contributed by atoms with van der Waals surface area (Å²) in [5.41, 5.74) is 2.41. The second-order valence-corrected chi connectivity index (χ2v) is 4.18. The molecule has 84 valence electrons. The summed E-state index contributed by atoms with van der Waals surface area (Å²) in [5, 5.41) is 0. The predicted molar refractivity (Wildman–Crippen MR) is 65.6 cm³/mol. The van der Waals surface area contributed by atoms with Crippen molar-refractivity contribution in [2.75, 3.05) is 20.1 Å². The van der Waals surface area contributed by atoms with Crippen LogP contribution in [0.15, 0.2) is 42.0 Å². The van der Waals surface area contributed by atoms with Gasteiger partial charge in [0.05, 0.1) is 0 Å². The zero-order chi connectivity index (χ0) is 11.4. The van der Waals surface area contributed by atoms with Crippen LogP contribution in [0.2, 0.25) is 0 Å². The number of halogens is 1. The quantitative estimate of drug-likeness (QED) is 0.735. The lowest BCUT2D eigenvalue weighted by molar-refractivity contribution is 0.361. The molecule has 1 nitrogen and oxygen atoms in total. The molecule has 0 atom stereocenters. The number of nitrogens with zero attached hydrogens (tertiary/aromatic N) is 1. The second kappa shape index (κ2) is 5.08. The zero-order valence-corrected chi connectivity index (χ0v) is 9.49. The first-order valence-electron chi connectivity index (χ1n) is 5.55. The van der Waals surface area contributed by atoms with E-state index in [1.54, 1.807) is 12.1 Å². The van der Waals surface area contributed by atoms with Gasteiger partial charge in [-0.25, -0.2) is 4.39 Å². The van der Waals surface area contributed by atoms with Crippen LogP contribution in [-0.4, -0.2) is 25.0 Å². The van der Waals surface area contributed by atoms with E-state index in [4.69, 9.17) is 0 Å². The molecule has 0 aliphatic carbocycles. The van der Waals surface area contributed by atoms with Gasteiger partial charge in [-0.05, 0) is 36.7 Å². The zero-order valence-electron chi connectivity index (χ0n) is 9.49. The Morgan fingerprint density at radius 3 is 2.56 bits per heavy atom. The van der Waals surface area contributed by atoms with Gasteiger partial charge in [0.1, 0.15) is 5.82 Å². The van der Waals surface area contributed by atoms with E-state index in [2.05, 4.69) is 24.1 Å². The maximum atomic E-state index is 12.7. The highest BCUT2D eigenvalue weighted by Gasteiger charge is 2.04. The molecule has 0 N–H and O–H groups in total. The molecule has 0 radical (unpaired) electrons. The summed E-state index contributed by atoms with van der Waals surface area (Å²) in [6, 6.07) is 6.56. The largest absolute Gasteiger partial charge is 0.302 e. The summed E-state index contributed by atoms with van der Waals surface area (Å²) in [5.74, 6) is -0.185. The first-order valence-corrected chi connectivity index (χ1v) is 5.55. The Morgan fingerprint density at radius 2 is 1.94 bits per heavy atom. The van der Waals surface area contributed by atoms with Crippen LogP contribution < -0.4 is 0 Å². The Labute approximate surface area is 95.9 Å². The molecule has 0 spiro atoms. The Bertz CT molecular complexity index is 403. The lowest BCUT2D eigenvalue weighted by atomic mass is 10.1. The van der Waals surface area contributed by atoms with E-state index < -0.39 is 0 Å². The first kappa shape index (κ1) is 11.1. The van der Waals surface area contributed by atoms with E-state index in [0.29, 0.717) is 0 Å². The summed E-state index contributed by atoms with van der Waals surface area (Å²) in [7, 11) is 2.12. The monoisotopic (exact) mass is 217 g/mol. The molecule has 1 aliphatic heterocycles. The maximum absolute atomic E-state index is 12.7. The minimum Gasteiger partial charge on any atom is -0.302 e. The third-order valence-electron chi connectivity index (χ3n) is 2.81. The van der Waals surface area contributed by atoms with Gasteiger partial charge < -0.3 is 4.90 Å². The minimum absolute atomic E-state index is 0.185. The molecule has 1 aliphatic rings. The van der Waals surface area contributed by atoms with Crippen molar-refractivity contribution in [3.8, 4) is 0 Å². The Morgan fingerprint density at radius 1 is 1.19 bits per heavy atom. The van der Waals surface area contributed by atoms with E-state index >= 15 is 0 Å². The van der Waals surface area contributed by atoms with Gasteiger partial charge >= 0.3 is 0 Å². The van der Waals surface area contributed by atoms with Gasteiger partial charge in [-0.2, -0.15) is 0 Å². The second-order valence-electron chi connectivity index (χ2n) is 4.18. The molecule has 2 heteroatoms. The highest BCUT2D eigenvalue weighted by Crippen LogP contribution is 2.13. The van der Waals surface area contributed by atoms with Crippen LogP contribution in [0.4, 0.5) is 4.39 Å². The van der Waals surface area contributed by atoms with E-state index in [9.17, 15) is 4.39 Å². The molecule has 0 saturated heterocycles. The standard InChI is InChI=1S/C14H16FN/c1-16-10-8-13(9-11-16)3-2-12-4-6-14(15)7-5-12/h2-8H,9-11H2,1H3. The van der Waals surface area contributed by atoms with E-state index in [-0.39, 0.29) is 5.82 Å². The Kier molecular flexibility index (Phi) is 3.52. The molecule has 1 aromatic carbocycles. The summed E-state index contributed by atoms with van der Waals surface area (Å²) < 4.78 is 12.7. The fraction of sp³-hybridized carbons (Fsp3) is 0.286. The Hall–Kier alpha value is -1.41. The normalized spacial score (nSPS) is 17.8. The summed E-state index contributed by atoms with van der Waals surface area (Å²) in [6.07, 6.45) is 7.49. The van der Waals surface area contributed by atoms with Crippen molar-refractivity contribution < 1.29 is 4.39 Å². The fourth-order valence-electron chi connectivity index (χ4n) is 1.71. The number of allylic oxidation sites excluding steroid dienone is 1. The van der Waals surface area contributed by atoms with Crippen molar-refractivity contribution in [2.45, 2.75) is 6.42 Å². The highest BCUT2D eigenvalue weighted by atomic mass is 19.1. The highest BCUT2D eigenvalue weighted by molar-refractivity contribution is 5.52. The molecule has 0 bridgehead atoms. The van der Waals surface area contributed by atoms with Gasteiger partial charge in [-0.15, -0.1) is 0 Å². The van der Waals surface area contributed by atoms with Gasteiger partial charge in [0.15, 0.2) is 0 Å². The number of hydrogen-bond donors (Lipinski definition) is 0. The molecule has 1 aromatic rings. The van der Waals surface area contributed by atoms with Crippen LogP contribution in [0, 0.1) is 5.82 Å². The molecule has 1 heterocycles.